The van der Waals surface area contributed by atoms with Gasteiger partial charge in [-0.05, 0) is 48.2 Å². The van der Waals surface area contributed by atoms with Gasteiger partial charge in [0.15, 0.2) is 0 Å². The highest BCUT2D eigenvalue weighted by atomic mass is 32.2. The van der Waals surface area contributed by atoms with Gasteiger partial charge in [-0.3, -0.25) is 0 Å². The first-order valence-electron chi connectivity index (χ1n) is 6.49. The van der Waals surface area contributed by atoms with Crippen molar-refractivity contribution in [3.05, 3.63) is 65.5 Å². The van der Waals surface area contributed by atoms with Crippen molar-refractivity contribution < 1.29 is 4.39 Å². The Bertz CT molecular complexity index is 567. The molecule has 0 fully saturated rings. The van der Waals surface area contributed by atoms with E-state index in [1.54, 1.807) is 11.8 Å². The number of fused-ring (bicyclic) bond motifs is 1. The molecule has 0 spiro atoms. The van der Waals surface area contributed by atoms with Crippen LogP contribution >= 0.6 is 11.8 Å². The molecule has 0 radical (unpaired) electrons. The van der Waals surface area contributed by atoms with E-state index in [9.17, 15) is 4.39 Å². The quantitative estimate of drug-likeness (QED) is 0.897. The van der Waals surface area contributed by atoms with Crippen molar-refractivity contribution in [1.82, 2.24) is 0 Å². The monoisotopic (exact) mass is 273 g/mol. The Morgan fingerprint density at radius 2 is 1.79 bits per heavy atom. The van der Waals surface area contributed by atoms with Gasteiger partial charge in [-0.15, -0.1) is 11.8 Å². The van der Waals surface area contributed by atoms with E-state index >= 15 is 0 Å². The van der Waals surface area contributed by atoms with E-state index < -0.39 is 0 Å². The molecule has 1 aliphatic carbocycles. The Hall–Kier alpha value is -1.32. The zero-order valence-electron chi connectivity index (χ0n) is 10.6. The minimum Gasteiger partial charge on any atom is -0.323 e. The first kappa shape index (κ1) is 12.7. The molecule has 0 bridgehead atoms. The van der Waals surface area contributed by atoms with Crippen LogP contribution in [-0.2, 0) is 6.42 Å². The van der Waals surface area contributed by atoms with Crippen LogP contribution in [0.1, 0.15) is 23.6 Å². The smallest absolute Gasteiger partial charge is 0.123 e. The summed E-state index contributed by atoms with van der Waals surface area (Å²) in [4.78, 5) is 1.08. The lowest BCUT2D eigenvalue weighted by Gasteiger charge is -2.30. The van der Waals surface area contributed by atoms with Gasteiger partial charge in [0.05, 0.1) is 0 Å². The summed E-state index contributed by atoms with van der Waals surface area (Å²) in [6.45, 7) is 0. The van der Waals surface area contributed by atoms with Gasteiger partial charge in [0, 0.05) is 16.2 Å². The van der Waals surface area contributed by atoms with E-state index in [2.05, 4.69) is 18.2 Å². The molecule has 19 heavy (non-hydrogen) atoms. The van der Waals surface area contributed by atoms with E-state index in [0.29, 0.717) is 5.25 Å². The molecule has 0 saturated heterocycles. The second-order valence-electron chi connectivity index (χ2n) is 4.87. The van der Waals surface area contributed by atoms with E-state index in [0.717, 1.165) is 17.7 Å². The molecule has 2 unspecified atom stereocenters. The first-order valence-corrected chi connectivity index (χ1v) is 7.37. The van der Waals surface area contributed by atoms with Crippen molar-refractivity contribution in [2.75, 3.05) is 0 Å². The lowest BCUT2D eigenvalue weighted by atomic mass is 9.88. The number of nitrogens with two attached hydrogens (primary N) is 1. The van der Waals surface area contributed by atoms with Crippen LogP contribution < -0.4 is 5.73 Å². The number of hydrogen-bond acceptors (Lipinski definition) is 2. The Labute approximate surface area is 117 Å². The Morgan fingerprint density at radius 3 is 2.58 bits per heavy atom. The topological polar surface area (TPSA) is 26.0 Å². The minimum absolute atomic E-state index is 0.0556. The number of halogens is 1. The molecule has 3 heteroatoms. The van der Waals surface area contributed by atoms with E-state index in [-0.39, 0.29) is 11.9 Å². The van der Waals surface area contributed by atoms with Crippen molar-refractivity contribution in [1.29, 1.82) is 0 Å². The predicted molar refractivity (Wildman–Crippen MR) is 77.7 cm³/mol. The largest absolute Gasteiger partial charge is 0.323 e. The first-order chi connectivity index (χ1) is 9.24. The second-order valence-corrected chi connectivity index (χ2v) is 6.19. The lowest BCUT2D eigenvalue weighted by molar-refractivity contribution is 0.586. The van der Waals surface area contributed by atoms with Crippen LogP contribution in [0.4, 0.5) is 4.39 Å². The summed E-state index contributed by atoms with van der Waals surface area (Å²) in [6.07, 6.45) is 2.14. The average molecular weight is 273 g/mol. The summed E-state index contributed by atoms with van der Waals surface area (Å²) in [5.74, 6) is -0.192. The average Bonchev–Trinajstić information content (AvgIpc) is 2.45. The molecule has 0 saturated carbocycles. The van der Waals surface area contributed by atoms with Crippen LogP contribution in [0.5, 0.6) is 0 Å². The highest BCUT2D eigenvalue weighted by Gasteiger charge is 2.26. The third-order valence-electron chi connectivity index (χ3n) is 3.61. The molecule has 2 N–H and O–H groups in total. The summed E-state index contributed by atoms with van der Waals surface area (Å²) in [6, 6.07) is 15.1. The molecule has 2 aromatic carbocycles. The maximum atomic E-state index is 12.9. The minimum atomic E-state index is -0.192. The molecule has 98 valence electrons. The van der Waals surface area contributed by atoms with E-state index in [4.69, 9.17) is 5.73 Å². The summed E-state index contributed by atoms with van der Waals surface area (Å²) in [5, 5.41) is 0.361. The molecule has 1 aliphatic rings. The van der Waals surface area contributed by atoms with Crippen molar-refractivity contribution in [3.8, 4) is 0 Å². The van der Waals surface area contributed by atoms with Gasteiger partial charge in [0.25, 0.3) is 0 Å². The van der Waals surface area contributed by atoms with Crippen molar-refractivity contribution in [2.45, 2.75) is 29.0 Å². The zero-order valence-corrected chi connectivity index (χ0v) is 11.4. The molecule has 0 aliphatic heterocycles. The Balaban J connectivity index is 1.79. The van der Waals surface area contributed by atoms with Crippen LogP contribution in [-0.4, -0.2) is 5.25 Å². The Morgan fingerprint density at radius 1 is 1.05 bits per heavy atom. The number of thioether (sulfide) groups is 1. The maximum Gasteiger partial charge on any atom is 0.123 e. The number of benzene rings is 2. The van der Waals surface area contributed by atoms with Crippen molar-refractivity contribution in [2.24, 2.45) is 5.73 Å². The molecule has 0 aromatic heterocycles. The van der Waals surface area contributed by atoms with E-state index in [1.165, 1.54) is 23.3 Å². The van der Waals surface area contributed by atoms with Crippen LogP contribution in [0.3, 0.4) is 0 Å². The van der Waals surface area contributed by atoms with Gasteiger partial charge in [-0.1, -0.05) is 24.3 Å². The molecule has 0 heterocycles. The third-order valence-corrected chi connectivity index (χ3v) is 4.99. The fourth-order valence-electron chi connectivity index (χ4n) is 2.58. The van der Waals surface area contributed by atoms with Crippen LogP contribution in [0, 0.1) is 5.82 Å². The molecule has 2 atom stereocenters. The van der Waals surface area contributed by atoms with Gasteiger partial charge >= 0.3 is 0 Å². The van der Waals surface area contributed by atoms with Crippen molar-refractivity contribution in [3.63, 3.8) is 0 Å². The second kappa shape index (κ2) is 5.35. The van der Waals surface area contributed by atoms with Crippen molar-refractivity contribution >= 4 is 11.8 Å². The van der Waals surface area contributed by atoms with Gasteiger partial charge in [0.1, 0.15) is 5.82 Å². The molecule has 2 aromatic rings. The molecule has 3 rings (SSSR count). The van der Waals surface area contributed by atoms with Gasteiger partial charge in [-0.2, -0.15) is 0 Å². The normalized spacial score (nSPS) is 22.0. The SMILES string of the molecule is NC1c2ccccc2CCC1Sc1ccc(F)cc1. The Kier molecular flexibility index (Phi) is 3.58. The standard InChI is InChI=1S/C16H16FNS/c17-12-6-8-13(9-7-12)19-15-10-5-11-3-1-2-4-14(11)16(15)18/h1-4,6-9,15-16H,5,10,18H2. The predicted octanol–water partition coefficient (Wildman–Crippen LogP) is 3.93. The lowest BCUT2D eigenvalue weighted by Crippen LogP contribution is -2.29. The number of aryl methyl sites for hydroxylation is 1. The number of hydrogen-bond donors (Lipinski definition) is 1. The van der Waals surface area contributed by atoms with E-state index in [1.807, 2.05) is 18.2 Å². The third kappa shape index (κ3) is 2.67. The van der Waals surface area contributed by atoms with Crippen LogP contribution in [0.2, 0.25) is 0 Å². The fraction of sp³-hybridized carbons (Fsp3) is 0.250. The summed E-state index contributed by atoms with van der Waals surface area (Å²) < 4.78 is 12.9. The molecular formula is C16H16FNS. The molecule has 0 amide bonds. The van der Waals surface area contributed by atoms with Gasteiger partial charge in [0.2, 0.25) is 0 Å². The maximum absolute atomic E-state index is 12.9. The fourth-order valence-corrected chi connectivity index (χ4v) is 3.76. The highest BCUT2D eigenvalue weighted by Crippen LogP contribution is 2.38. The molecular weight excluding hydrogens is 257 g/mol. The zero-order chi connectivity index (χ0) is 13.2. The van der Waals surface area contributed by atoms with Crippen LogP contribution in [0.25, 0.3) is 0 Å². The van der Waals surface area contributed by atoms with Gasteiger partial charge in [-0.25, -0.2) is 4.39 Å². The summed E-state index contributed by atoms with van der Waals surface area (Å²) in [5.41, 5.74) is 9.00. The summed E-state index contributed by atoms with van der Waals surface area (Å²) >= 11 is 1.75. The highest BCUT2D eigenvalue weighted by molar-refractivity contribution is 8.00. The van der Waals surface area contributed by atoms with Crippen LogP contribution in [0.15, 0.2) is 53.4 Å². The molecule has 1 nitrogen and oxygen atoms in total. The summed E-state index contributed by atoms with van der Waals surface area (Å²) in [7, 11) is 0. The van der Waals surface area contributed by atoms with Gasteiger partial charge < -0.3 is 5.73 Å². The number of rotatable bonds is 2.